The SMILES string of the molecule is C=C(CBr)c1ccc(NC(=O)OCCCOC)cc1. The molecule has 0 spiro atoms. The highest BCUT2D eigenvalue weighted by molar-refractivity contribution is 9.09. The lowest BCUT2D eigenvalue weighted by molar-refractivity contribution is 0.134. The summed E-state index contributed by atoms with van der Waals surface area (Å²) in [5, 5.41) is 3.38. The second-order valence-corrected chi connectivity index (χ2v) is 4.48. The molecule has 0 unspecified atom stereocenters. The first-order valence-corrected chi connectivity index (χ1v) is 7.06. The van der Waals surface area contributed by atoms with E-state index in [1.54, 1.807) is 7.11 Å². The molecule has 0 fully saturated rings. The molecular weight excluding hydrogens is 310 g/mol. The molecule has 0 atom stereocenters. The molecule has 104 valence electrons. The van der Waals surface area contributed by atoms with Gasteiger partial charge in [0.15, 0.2) is 0 Å². The Morgan fingerprint density at radius 3 is 2.58 bits per heavy atom. The Labute approximate surface area is 121 Å². The van der Waals surface area contributed by atoms with Gasteiger partial charge in [-0.15, -0.1) is 0 Å². The van der Waals surface area contributed by atoms with Crippen molar-refractivity contribution in [3.05, 3.63) is 36.4 Å². The fourth-order valence-electron chi connectivity index (χ4n) is 1.39. The summed E-state index contributed by atoms with van der Waals surface area (Å²) in [7, 11) is 1.61. The maximum absolute atomic E-state index is 11.5. The lowest BCUT2D eigenvalue weighted by Crippen LogP contribution is -2.15. The minimum absolute atomic E-state index is 0.345. The average molecular weight is 328 g/mol. The van der Waals surface area contributed by atoms with Crippen LogP contribution in [0.1, 0.15) is 12.0 Å². The van der Waals surface area contributed by atoms with E-state index in [9.17, 15) is 4.79 Å². The van der Waals surface area contributed by atoms with Gasteiger partial charge in [0.1, 0.15) is 0 Å². The van der Waals surface area contributed by atoms with Crippen LogP contribution in [-0.4, -0.2) is 31.7 Å². The molecule has 0 aliphatic heterocycles. The van der Waals surface area contributed by atoms with E-state index in [2.05, 4.69) is 27.8 Å². The van der Waals surface area contributed by atoms with Gasteiger partial charge in [-0.3, -0.25) is 5.32 Å². The largest absolute Gasteiger partial charge is 0.449 e. The van der Waals surface area contributed by atoms with Gasteiger partial charge in [-0.25, -0.2) is 4.79 Å². The first-order valence-electron chi connectivity index (χ1n) is 5.94. The van der Waals surface area contributed by atoms with Crippen molar-refractivity contribution >= 4 is 33.3 Å². The van der Waals surface area contributed by atoms with Gasteiger partial charge in [0, 0.05) is 31.2 Å². The van der Waals surface area contributed by atoms with E-state index < -0.39 is 6.09 Å². The van der Waals surface area contributed by atoms with E-state index in [0.29, 0.717) is 25.3 Å². The molecule has 0 bridgehead atoms. The highest BCUT2D eigenvalue weighted by Gasteiger charge is 2.03. The number of hydrogen-bond donors (Lipinski definition) is 1. The number of amides is 1. The summed E-state index contributed by atoms with van der Waals surface area (Å²) in [4.78, 5) is 11.5. The smallest absolute Gasteiger partial charge is 0.411 e. The Morgan fingerprint density at radius 2 is 2.00 bits per heavy atom. The summed E-state index contributed by atoms with van der Waals surface area (Å²) in [6.07, 6.45) is 0.233. The summed E-state index contributed by atoms with van der Waals surface area (Å²) in [6, 6.07) is 7.45. The second kappa shape index (κ2) is 8.72. The predicted octanol–water partition coefficient (Wildman–Crippen LogP) is 3.68. The number of allylic oxidation sites excluding steroid dienone is 1. The average Bonchev–Trinajstić information content (AvgIpc) is 2.43. The third-order valence-electron chi connectivity index (χ3n) is 2.43. The van der Waals surface area contributed by atoms with Crippen molar-refractivity contribution in [2.45, 2.75) is 6.42 Å². The summed E-state index contributed by atoms with van der Waals surface area (Å²) in [6.45, 7) is 4.85. The first kappa shape index (κ1) is 15.7. The van der Waals surface area contributed by atoms with Crippen molar-refractivity contribution in [2.75, 3.05) is 31.0 Å². The molecule has 1 amide bonds. The van der Waals surface area contributed by atoms with Crippen LogP contribution in [-0.2, 0) is 9.47 Å². The van der Waals surface area contributed by atoms with Crippen LogP contribution in [0.5, 0.6) is 0 Å². The van der Waals surface area contributed by atoms with E-state index in [0.717, 1.165) is 16.5 Å². The zero-order valence-electron chi connectivity index (χ0n) is 10.9. The number of benzene rings is 1. The van der Waals surface area contributed by atoms with Crippen molar-refractivity contribution in [1.82, 2.24) is 0 Å². The fraction of sp³-hybridized carbons (Fsp3) is 0.357. The number of anilines is 1. The molecule has 0 heterocycles. The molecule has 5 heteroatoms. The number of methoxy groups -OCH3 is 1. The molecule has 1 N–H and O–H groups in total. The lowest BCUT2D eigenvalue weighted by Gasteiger charge is -2.08. The van der Waals surface area contributed by atoms with Crippen molar-refractivity contribution < 1.29 is 14.3 Å². The van der Waals surface area contributed by atoms with Crippen LogP contribution in [0.15, 0.2) is 30.8 Å². The molecule has 19 heavy (non-hydrogen) atoms. The molecular formula is C14H18BrNO3. The molecule has 1 aromatic rings. The molecule has 1 rings (SSSR count). The first-order chi connectivity index (χ1) is 9.17. The summed E-state index contributed by atoms with van der Waals surface area (Å²) < 4.78 is 9.86. The zero-order valence-corrected chi connectivity index (χ0v) is 12.5. The van der Waals surface area contributed by atoms with Gasteiger partial charge in [0.2, 0.25) is 0 Å². The minimum Gasteiger partial charge on any atom is -0.449 e. The van der Waals surface area contributed by atoms with Gasteiger partial charge in [-0.05, 0) is 23.3 Å². The maximum atomic E-state index is 11.5. The highest BCUT2D eigenvalue weighted by atomic mass is 79.9. The van der Waals surface area contributed by atoms with Crippen LogP contribution in [0.4, 0.5) is 10.5 Å². The Kier molecular flexibility index (Phi) is 7.22. The summed E-state index contributed by atoms with van der Waals surface area (Å²) >= 11 is 3.35. The molecule has 4 nitrogen and oxygen atoms in total. The molecule has 0 aromatic heterocycles. The van der Waals surface area contributed by atoms with Gasteiger partial charge in [-0.1, -0.05) is 34.6 Å². The monoisotopic (exact) mass is 327 g/mol. The normalized spacial score (nSPS) is 10.0. The number of alkyl halides is 1. The van der Waals surface area contributed by atoms with Crippen LogP contribution >= 0.6 is 15.9 Å². The van der Waals surface area contributed by atoms with Crippen LogP contribution < -0.4 is 5.32 Å². The fourth-order valence-corrected chi connectivity index (χ4v) is 1.71. The van der Waals surface area contributed by atoms with Crippen molar-refractivity contribution in [3.8, 4) is 0 Å². The third-order valence-corrected chi connectivity index (χ3v) is 3.10. The Morgan fingerprint density at radius 1 is 1.32 bits per heavy atom. The molecule has 0 saturated carbocycles. The van der Waals surface area contributed by atoms with Gasteiger partial charge in [-0.2, -0.15) is 0 Å². The van der Waals surface area contributed by atoms with E-state index in [1.165, 1.54) is 0 Å². The van der Waals surface area contributed by atoms with Gasteiger partial charge in [0.05, 0.1) is 6.61 Å². The number of carbonyl (C=O) groups excluding carboxylic acids is 1. The number of ether oxygens (including phenoxy) is 2. The number of rotatable bonds is 7. The van der Waals surface area contributed by atoms with Gasteiger partial charge >= 0.3 is 6.09 Å². The molecule has 0 radical (unpaired) electrons. The van der Waals surface area contributed by atoms with Crippen LogP contribution in [0.25, 0.3) is 5.57 Å². The van der Waals surface area contributed by atoms with E-state index in [1.807, 2.05) is 24.3 Å². The topological polar surface area (TPSA) is 47.6 Å². The van der Waals surface area contributed by atoms with E-state index >= 15 is 0 Å². The van der Waals surface area contributed by atoms with E-state index in [-0.39, 0.29) is 0 Å². The number of hydrogen-bond acceptors (Lipinski definition) is 3. The van der Waals surface area contributed by atoms with E-state index in [4.69, 9.17) is 9.47 Å². The van der Waals surface area contributed by atoms with Crippen LogP contribution in [0, 0.1) is 0 Å². The number of nitrogens with one attached hydrogen (secondary N) is 1. The van der Waals surface area contributed by atoms with Crippen molar-refractivity contribution in [3.63, 3.8) is 0 Å². The Bertz CT molecular complexity index is 417. The van der Waals surface area contributed by atoms with Gasteiger partial charge in [0.25, 0.3) is 0 Å². The Hall–Kier alpha value is -1.33. The maximum Gasteiger partial charge on any atom is 0.411 e. The Balaban J connectivity index is 2.40. The molecule has 0 aliphatic carbocycles. The molecule has 0 aliphatic rings. The van der Waals surface area contributed by atoms with Crippen molar-refractivity contribution in [2.24, 2.45) is 0 Å². The summed E-state index contributed by atoms with van der Waals surface area (Å²) in [5.74, 6) is 0. The van der Waals surface area contributed by atoms with Crippen LogP contribution in [0.2, 0.25) is 0 Å². The zero-order chi connectivity index (χ0) is 14.1. The number of halogens is 1. The standard InChI is InChI=1S/C14H18BrNO3/c1-11(10-15)12-4-6-13(7-5-12)16-14(17)19-9-3-8-18-2/h4-7H,1,3,8-10H2,2H3,(H,16,17). The quantitative estimate of drug-likeness (QED) is 0.613. The highest BCUT2D eigenvalue weighted by Crippen LogP contribution is 2.17. The minimum atomic E-state index is -0.455. The van der Waals surface area contributed by atoms with Crippen molar-refractivity contribution in [1.29, 1.82) is 0 Å². The molecule has 1 aromatic carbocycles. The lowest BCUT2D eigenvalue weighted by atomic mass is 10.1. The summed E-state index contributed by atoms with van der Waals surface area (Å²) in [5.41, 5.74) is 2.73. The second-order valence-electron chi connectivity index (χ2n) is 3.92. The third kappa shape index (κ3) is 5.89. The van der Waals surface area contributed by atoms with Crippen LogP contribution in [0.3, 0.4) is 0 Å². The number of carbonyl (C=O) groups is 1. The molecule has 0 saturated heterocycles. The van der Waals surface area contributed by atoms with Gasteiger partial charge < -0.3 is 9.47 Å². The predicted molar refractivity (Wildman–Crippen MR) is 80.7 cm³/mol.